The minimum atomic E-state index is -4.10. The molecule has 6 aromatic rings. The van der Waals surface area contributed by atoms with Gasteiger partial charge in [-0.2, -0.15) is 0 Å². The van der Waals surface area contributed by atoms with E-state index in [0.29, 0.717) is 24.3 Å². The van der Waals surface area contributed by atoms with Gasteiger partial charge in [-0.3, -0.25) is 19.9 Å². The molecule has 6 heterocycles. The molecule has 0 saturated heterocycles. The van der Waals surface area contributed by atoms with Crippen molar-refractivity contribution in [1.29, 1.82) is 0 Å². The van der Waals surface area contributed by atoms with Gasteiger partial charge in [0.2, 0.25) is 0 Å². The van der Waals surface area contributed by atoms with Crippen LogP contribution in [0.2, 0.25) is 0 Å². The van der Waals surface area contributed by atoms with Crippen molar-refractivity contribution in [2.75, 3.05) is 13.6 Å². The van der Waals surface area contributed by atoms with Crippen LogP contribution >= 0.6 is 0 Å². The first-order valence-corrected chi connectivity index (χ1v) is 21.2. The number of hydrogen-bond acceptors (Lipinski definition) is 12. The topological polar surface area (TPSA) is 257 Å². The molecule has 18 nitrogen and oxygen atoms in total. The zero-order valence-corrected chi connectivity index (χ0v) is 35.7. The van der Waals surface area contributed by atoms with E-state index in [-0.39, 0.29) is 50.8 Å². The Morgan fingerprint density at radius 3 is 1.49 bits per heavy atom. The summed E-state index contributed by atoms with van der Waals surface area (Å²) in [6, 6.07) is 11.8. The third-order valence-electron chi connectivity index (χ3n) is 8.22. The molecule has 0 saturated carbocycles. The number of carboxylic acids is 2. The minimum Gasteiger partial charge on any atom is -0.478 e. The fraction of sp³-hybridized carbons (Fsp3) is 0.195. The van der Waals surface area contributed by atoms with Gasteiger partial charge in [0.15, 0.2) is 11.6 Å². The molecule has 332 valence electrons. The predicted octanol–water partition coefficient (Wildman–Crippen LogP) is 5.60. The quantitative estimate of drug-likeness (QED) is 0.103. The van der Waals surface area contributed by atoms with E-state index in [2.05, 4.69) is 25.3 Å². The molecule has 0 aromatic carbocycles. The summed E-state index contributed by atoms with van der Waals surface area (Å²) in [6.45, 7) is 6.34. The molecule has 0 bridgehead atoms. The third-order valence-corrected chi connectivity index (χ3v) is 11.5. The van der Waals surface area contributed by atoms with Gasteiger partial charge in [0.25, 0.3) is 20.0 Å². The van der Waals surface area contributed by atoms with Crippen molar-refractivity contribution in [3.63, 3.8) is 0 Å². The Balaban J connectivity index is 0.000000241. The number of nitrogens with one attached hydrogen (secondary N) is 1. The molecular weight excluding hydrogens is 867 g/mol. The summed E-state index contributed by atoms with van der Waals surface area (Å²) >= 11 is 0. The minimum absolute atomic E-state index is 0.0337. The van der Waals surface area contributed by atoms with Crippen LogP contribution in [0.15, 0.2) is 132 Å². The molecule has 0 aliphatic carbocycles. The van der Waals surface area contributed by atoms with E-state index in [1.54, 1.807) is 13.1 Å². The smallest absolute Gasteiger partial charge is 0.407 e. The number of nitrogens with zero attached hydrogens (tertiary/aromatic N) is 7. The first kappa shape index (κ1) is 48.5. The maximum Gasteiger partial charge on any atom is 0.407 e. The van der Waals surface area contributed by atoms with Gasteiger partial charge in [0.1, 0.15) is 9.79 Å². The Labute approximate surface area is 361 Å². The Kier molecular flexibility index (Phi) is 16.2. The lowest BCUT2D eigenvalue weighted by Crippen LogP contribution is -2.36. The zero-order chi connectivity index (χ0) is 46.5. The van der Waals surface area contributed by atoms with Gasteiger partial charge >= 0.3 is 18.0 Å². The summed E-state index contributed by atoms with van der Waals surface area (Å²) in [6.07, 6.45) is 13.0. The summed E-state index contributed by atoms with van der Waals surface area (Å²) in [4.78, 5) is 47.1. The fourth-order valence-corrected chi connectivity index (χ4v) is 8.40. The predicted molar refractivity (Wildman–Crippen MR) is 224 cm³/mol. The van der Waals surface area contributed by atoms with Crippen LogP contribution in [0.25, 0.3) is 22.5 Å². The van der Waals surface area contributed by atoms with Crippen LogP contribution in [-0.2, 0) is 42.7 Å². The first-order valence-electron chi connectivity index (χ1n) is 18.4. The van der Waals surface area contributed by atoms with Gasteiger partial charge in [-0.1, -0.05) is 20.8 Å². The maximum absolute atomic E-state index is 14.5. The second kappa shape index (κ2) is 21.1. The molecular formula is C41H42F2N8O10S2. The third kappa shape index (κ3) is 13.2. The molecule has 4 N–H and O–H groups in total. The van der Waals surface area contributed by atoms with Crippen LogP contribution in [0.4, 0.5) is 13.6 Å². The molecule has 6 rings (SSSR count). The highest BCUT2D eigenvalue weighted by Crippen LogP contribution is 2.31. The molecule has 0 aliphatic heterocycles. The van der Waals surface area contributed by atoms with Crippen LogP contribution in [-0.4, -0.2) is 96.6 Å². The number of aliphatic carboxylic acids is 2. The molecule has 0 radical (unpaired) electrons. The van der Waals surface area contributed by atoms with Crippen LogP contribution in [0.3, 0.4) is 0 Å². The van der Waals surface area contributed by atoms with Gasteiger partial charge < -0.3 is 25.5 Å². The zero-order valence-electron chi connectivity index (χ0n) is 34.1. The van der Waals surface area contributed by atoms with Crippen LogP contribution in [0.5, 0.6) is 0 Å². The van der Waals surface area contributed by atoms with Gasteiger partial charge in [-0.05, 0) is 72.1 Å². The number of pyridine rings is 4. The Hall–Kier alpha value is -7.17. The maximum atomic E-state index is 14.5. The van der Waals surface area contributed by atoms with Crippen molar-refractivity contribution in [2.24, 2.45) is 5.41 Å². The normalized spacial score (nSPS) is 11.5. The summed E-state index contributed by atoms with van der Waals surface area (Å²) in [5.74, 6) is -3.80. The highest BCUT2D eigenvalue weighted by molar-refractivity contribution is 7.90. The average molecular weight is 909 g/mol. The van der Waals surface area contributed by atoms with E-state index < -0.39 is 49.7 Å². The van der Waals surface area contributed by atoms with Gasteiger partial charge in [0, 0.05) is 85.9 Å². The SMILES string of the molecule is CC(C)(C)CN(Cc1cc(-c2ccncc2F)n(S(=O)(=O)c2cccnc2)c1)C(=O)O.CNCc1cc(-c2ccncc2F)n(S(=O)(=O)c2cccnc2)c1.O=C(O)C=CC(=O)O. The highest BCUT2D eigenvalue weighted by Gasteiger charge is 2.27. The van der Waals surface area contributed by atoms with Gasteiger partial charge in [-0.25, -0.2) is 47.9 Å². The van der Waals surface area contributed by atoms with Gasteiger partial charge in [0.05, 0.1) is 30.3 Å². The van der Waals surface area contributed by atoms with Crippen molar-refractivity contribution in [1.82, 2.24) is 38.1 Å². The number of halogens is 2. The van der Waals surface area contributed by atoms with Crippen molar-refractivity contribution in [3.05, 3.63) is 145 Å². The number of rotatable bonds is 13. The molecule has 0 atom stereocenters. The summed E-state index contributed by atoms with van der Waals surface area (Å²) in [5, 5.41) is 28.2. The van der Waals surface area contributed by atoms with E-state index in [1.165, 1.54) is 96.9 Å². The molecule has 22 heteroatoms. The number of aromatic nitrogens is 6. The summed E-state index contributed by atoms with van der Waals surface area (Å²) in [7, 11) is -6.25. The molecule has 0 fully saturated rings. The summed E-state index contributed by atoms with van der Waals surface area (Å²) in [5.41, 5.74) is 1.33. The van der Waals surface area contributed by atoms with E-state index in [1.807, 2.05) is 20.8 Å². The number of carboxylic acid groups (broad SMARTS) is 3. The number of amides is 1. The van der Waals surface area contributed by atoms with Crippen molar-refractivity contribution >= 4 is 38.1 Å². The lowest BCUT2D eigenvalue weighted by molar-refractivity contribution is -0.134. The van der Waals surface area contributed by atoms with E-state index in [0.717, 1.165) is 25.9 Å². The highest BCUT2D eigenvalue weighted by atomic mass is 32.2. The molecule has 0 unspecified atom stereocenters. The van der Waals surface area contributed by atoms with E-state index in [4.69, 9.17) is 10.2 Å². The molecule has 0 spiro atoms. The first-order chi connectivity index (χ1) is 29.6. The van der Waals surface area contributed by atoms with Crippen molar-refractivity contribution in [2.45, 2.75) is 43.7 Å². The molecule has 63 heavy (non-hydrogen) atoms. The fourth-order valence-electron chi connectivity index (χ4n) is 5.69. The lowest BCUT2D eigenvalue weighted by Gasteiger charge is -2.27. The summed E-state index contributed by atoms with van der Waals surface area (Å²) < 4.78 is 83.0. The van der Waals surface area contributed by atoms with Crippen LogP contribution in [0.1, 0.15) is 31.9 Å². The molecule has 6 aromatic heterocycles. The van der Waals surface area contributed by atoms with Crippen LogP contribution < -0.4 is 5.32 Å². The van der Waals surface area contributed by atoms with E-state index in [9.17, 15) is 45.1 Å². The Morgan fingerprint density at radius 2 is 1.13 bits per heavy atom. The largest absolute Gasteiger partial charge is 0.478 e. The number of carbonyl (C=O) groups is 3. The van der Waals surface area contributed by atoms with E-state index >= 15 is 0 Å². The lowest BCUT2D eigenvalue weighted by atomic mass is 9.96. The van der Waals surface area contributed by atoms with Crippen molar-refractivity contribution in [3.8, 4) is 22.5 Å². The average Bonchev–Trinajstić information content (AvgIpc) is 3.86. The van der Waals surface area contributed by atoms with Crippen LogP contribution in [0, 0.1) is 17.0 Å². The van der Waals surface area contributed by atoms with Gasteiger partial charge in [-0.15, -0.1) is 0 Å². The second-order valence-corrected chi connectivity index (χ2v) is 18.0. The second-order valence-electron chi connectivity index (χ2n) is 14.4. The molecule has 1 amide bonds. The monoisotopic (exact) mass is 908 g/mol. The standard InChI is InChI=1S/C21H23FN4O4S.C16H15FN4O2S.C4H4O4/c1-21(2,3)14-25(20(27)28)12-15-9-19(17-6-8-24-11-18(17)22)26(13-15)31(29,30)16-5-4-7-23-10-16;1-18-8-12-7-16(14-4-6-20-10-15(14)17)21(11-12)24(22,23)13-3-2-5-19-9-13;5-3(6)1-2-4(7)8/h4-11,13H,12,14H2,1-3H3,(H,27,28);2-7,9-11,18H,8H2,1H3;1-2H,(H,5,6)(H,7,8). The Bertz CT molecular complexity index is 2780. The number of hydrogen-bond donors (Lipinski definition) is 4. The Morgan fingerprint density at radius 1 is 0.698 bits per heavy atom. The van der Waals surface area contributed by atoms with Crippen molar-refractivity contribution < 1.29 is 55.3 Å². The molecule has 0 aliphatic rings.